The molecule has 1 aliphatic rings. The maximum Gasteiger partial charge on any atom is 0.251 e. The van der Waals surface area contributed by atoms with E-state index in [1.165, 1.54) is 0 Å². The number of hydrogen-bond acceptors (Lipinski definition) is 3. The number of amides is 1. The average molecular weight is 340 g/mol. The van der Waals surface area contributed by atoms with Crippen molar-refractivity contribution < 1.29 is 4.79 Å². The molecule has 1 aliphatic heterocycles. The highest BCUT2D eigenvalue weighted by atomic mass is 79.9. The highest BCUT2D eigenvalue weighted by Gasteiger charge is 2.18. The summed E-state index contributed by atoms with van der Waals surface area (Å²) in [5, 5.41) is 3.04. The van der Waals surface area contributed by atoms with E-state index in [0.717, 1.165) is 42.5 Å². The first kappa shape index (κ1) is 15.3. The number of halogens is 1. The van der Waals surface area contributed by atoms with Crippen LogP contribution in [0.15, 0.2) is 16.6 Å². The molecule has 0 saturated carbocycles. The summed E-state index contributed by atoms with van der Waals surface area (Å²) in [5.74, 6) is 0.550. The van der Waals surface area contributed by atoms with Crippen molar-refractivity contribution in [1.82, 2.24) is 10.2 Å². The minimum atomic E-state index is -0.0329. The molecule has 1 heterocycles. The van der Waals surface area contributed by atoms with E-state index in [0.29, 0.717) is 17.2 Å². The van der Waals surface area contributed by atoms with Crippen LogP contribution in [0, 0.1) is 12.8 Å². The Labute approximate surface area is 128 Å². The van der Waals surface area contributed by atoms with E-state index in [-0.39, 0.29) is 5.91 Å². The van der Waals surface area contributed by atoms with E-state index in [1.807, 2.05) is 19.1 Å². The molecule has 2 rings (SSSR count). The van der Waals surface area contributed by atoms with Gasteiger partial charge in [0.2, 0.25) is 0 Å². The zero-order chi connectivity index (χ0) is 14.7. The minimum Gasteiger partial charge on any atom is -0.398 e. The molecule has 0 atom stereocenters. The van der Waals surface area contributed by atoms with E-state index in [9.17, 15) is 4.79 Å². The van der Waals surface area contributed by atoms with Crippen LogP contribution in [0.5, 0.6) is 0 Å². The van der Waals surface area contributed by atoms with Crippen LogP contribution in [-0.4, -0.2) is 37.5 Å². The van der Waals surface area contributed by atoms with Crippen molar-refractivity contribution in [3.8, 4) is 0 Å². The van der Waals surface area contributed by atoms with E-state index in [1.54, 1.807) is 0 Å². The number of rotatable bonds is 3. The van der Waals surface area contributed by atoms with Gasteiger partial charge in [0.05, 0.1) is 0 Å². The fraction of sp³-hybridized carbons (Fsp3) is 0.533. The zero-order valence-electron chi connectivity index (χ0n) is 12.1. The molecule has 0 unspecified atom stereocenters. The number of nitrogen functional groups attached to an aromatic ring is 1. The highest BCUT2D eigenvalue weighted by molar-refractivity contribution is 9.10. The number of carbonyl (C=O) groups excluding carboxylic acids is 1. The normalized spacial score (nSPS) is 17.1. The second-order valence-corrected chi connectivity index (χ2v) is 6.54. The van der Waals surface area contributed by atoms with Crippen molar-refractivity contribution in [3.05, 3.63) is 27.7 Å². The molecule has 1 saturated heterocycles. The Balaban J connectivity index is 1.95. The lowest BCUT2D eigenvalue weighted by molar-refractivity contribution is 0.0938. The molecular formula is C15H22BrN3O. The molecule has 0 aromatic heterocycles. The number of nitrogens with one attached hydrogen (secondary N) is 1. The minimum absolute atomic E-state index is 0.0329. The molecule has 1 amide bonds. The topological polar surface area (TPSA) is 58.4 Å². The van der Waals surface area contributed by atoms with Crippen LogP contribution in [-0.2, 0) is 0 Å². The second-order valence-electron chi connectivity index (χ2n) is 5.62. The average Bonchev–Trinajstić information content (AvgIpc) is 2.42. The van der Waals surface area contributed by atoms with Gasteiger partial charge in [0.1, 0.15) is 0 Å². The number of piperidine rings is 1. The summed E-state index contributed by atoms with van der Waals surface area (Å²) in [6.07, 6.45) is 2.30. The van der Waals surface area contributed by atoms with Crippen LogP contribution in [0.3, 0.4) is 0 Å². The van der Waals surface area contributed by atoms with Crippen molar-refractivity contribution in [2.75, 3.05) is 32.4 Å². The van der Waals surface area contributed by atoms with Gasteiger partial charge in [-0.15, -0.1) is 0 Å². The number of carbonyl (C=O) groups is 1. The lowest BCUT2D eigenvalue weighted by Gasteiger charge is -2.29. The van der Waals surface area contributed by atoms with E-state index in [4.69, 9.17) is 5.73 Å². The molecule has 0 bridgehead atoms. The van der Waals surface area contributed by atoms with E-state index in [2.05, 4.69) is 33.2 Å². The number of nitrogens with two attached hydrogens (primary N) is 1. The van der Waals surface area contributed by atoms with Gasteiger partial charge in [0.25, 0.3) is 5.91 Å². The third-order valence-electron chi connectivity index (χ3n) is 4.05. The number of likely N-dealkylation sites (tertiary alicyclic amines) is 1. The fourth-order valence-electron chi connectivity index (χ4n) is 2.53. The summed E-state index contributed by atoms with van der Waals surface area (Å²) >= 11 is 3.38. The number of hydrogen-bond donors (Lipinski definition) is 2. The second kappa shape index (κ2) is 6.59. The van der Waals surface area contributed by atoms with Gasteiger partial charge < -0.3 is 16.0 Å². The number of anilines is 1. The maximum atomic E-state index is 12.3. The predicted molar refractivity (Wildman–Crippen MR) is 85.8 cm³/mol. The molecule has 1 aromatic carbocycles. The molecule has 3 N–H and O–H groups in total. The molecule has 110 valence electrons. The molecule has 5 heteroatoms. The summed E-state index contributed by atoms with van der Waals surface area (Å²) in [4.78, 5) is 14.6. The summed E-state index contributed by atoms with van der Waals surface area (Å²) in [5.41, 5.74) is 8.04. The van der Waals surface area contributed by atoms with Crippen molar-refractivity contribution in [2.24, 2.45) is 5.92 Å². The third-order valence-corrected chi connectivity index (χ3v) is 4.50. The molecule has 0 aliphatic carbocycles. The molecule has 1 fully saturated rings. The maximum absolute atomic E-state index is 12.3. The Bertz CT molecular complexity index is 496. The van der Waals surface area contributed by atoms with Crippen molar-refractivity contribution >= 4 is 27.5 Å². The van der Waals surface area contributed by atoms with Crippen molar-refractivity contribution in [1.29, 1.82) is 0 Å². The number of benzene rings is 1. The quantitative estimate of drug-likeness (QED) is 0.831. The Kier molecular flexibility index (Phi) is 5.05. The smallest absolute Gasteiger partial charge is 0.251 e. The van der Waals surface area contributed by atoms with Crippen LogP contribution in [0.4, 0.5) is 5.69 Å². The number of nitrogens with zero attached hydrogens (tertiary/aromatic N) is 1. The largest absolute Gasteiger partial charge is 0.398 e. The van der Waals surface area contributed by atoms with Gasteiger partial charge >= 0.3 is 0 Å². The lowest BCUT2D eigenvalue weighted by Crippen LogP contribution is -2.37. The summed E-state index contributed by atoms with van der Waals surface area (Å²) < 4.78 is 0.838. The zero-order valence-corrected chi connectivity index (χ0v) is 13.7. The fourth-order valence-corrected chi connectivity index (χ4v) is 3.01. The Morgan fingerprint density at radius 2 is 2.10 bits per heavy atom. The van der Waals surface area contributed by atoms with Crippen LogP contribution < -0.4 is 11.1 Å². The first-order valence-corrected chi connectivity index (χ1v) is 7.79. The van der Waals surface area contributed by atoms with Gasteiger partial charge in [-0.2, -0.15) is 0 Å². The Morgan fingerprint density at radius 1 is 1.45 bits per heavy atom. The standard InChI is InChI=1S/C15H22BrN3O/c1-10-13(7-12(16)8-14(10)17)15(20)18-9-11-3-5-19(2)6-4-11/h7-8,11H,3-6,9,17H2,1-2H3,(H,18,20). The summed E-state index contributed by atoms with van der Waals surface area (Å²) in [6.45, 7) is 4.86. The molecular weight excluding hydrogens is 318 g/mol. The van der Waals surface area contributed by atoms with E-state index >= 15 is 0 Å². The van der Waals surface area contributed by atoms with Crippen LogP contribution in [0.25, 0.3) is 0 Å². The molecule has 0 radical (unpaired) electrons. The van der Waals surface area contributed by atoms with Crippen LogP contribution >= 0.6 is 15.9 Å². The van der Waals surface area contributed by atoms with E-state index < -0.39 is 0 Å². The monoisotopic (exact) mass is 339 g/mol. The summed E-state index contributed by atoms with van der Waals surface area (Å²) in [6, 6.07) is 3.65. The molecule has 20 heavy (non-hydrogen) atoms. The lowest BCUT2D eigenvalue weighted by atomic mass is 9.97. The van der Waals surface area contributed by atoms with Crippen molar-refractivity contribution in [3.63, 3.8) is 0 Å². The predicted octanol–water partition coefficient (Wildman–Crippen LogP) is 2.41. The summed E-state index contributed by atoms with van der Waals surface area (Å²) in [7, 11) is 2.14. The van der Waals surface area contributed by atoms with Crippen LogP contribution in [0.2, 0.25) is 0 Å². The third kappa shape index (κ3) is 3.73. The first-order chi connectivity index (χ1) is 9.47. The molecule has 4 nitrogen and oxygen atoms in total. The van der Waals surface area contributed by atoms with Crippen LogP contribution in [0.1, 0.15) is 28.8 Å². The van der Waals surface area contributed by atoms with Gasteiger partial charge in [0.15, 0.2) is 0 Å². The molecule has 0 spiro atoms. The van der Waals surface area contributed by atoms with Gasteiger partial charge in [-0.1, -0.05) is 15.9 Å². The highest BCUT2D eigenvalue weighted by Crippen LogP contribution is 2.23. The van der Waals surface area contributed by atoms with Gasteiger partial charge in [-0.05, 0) is 63.5 Å². The van der Waals surface area contributed by atoms with Gasteiger partial charge in [0, 0.05) is 22.3 Å². The van der Waals surface area contributed by atoms with Crippen molar-refractivity contribution in [2.45, 2.75) is 19.8 Å². The Hall–Kier alpha value is -1.07. The molecule has 1 aromatic rings. The first-order valence-electron chi connectivity index (χ1n) is 6.99. The van der Waals surface area contributed by atoms with Gasteiger partial charge in [-0.25, -0.2) is 0 Å². The SMILES string of the molecule is Cc1c(N)cc(Br)cc1C(=O)NCC1CCN(C)CC1. The van der Waals surface area contributed by atoms with Gasteiger partial charge in [-0.3, -0.25) is 4.79 Å². The Morgan fingerprint density at radius 3 is 2.75 bits per heavy atom.